The molecule has 0 N–H and O–H groups in total. The van der Waals surface area contributed by atoms with Crippen LogP contribution < -0.4 is 4.74 Å². The fourth-order valence-corrected chi connectivity index (χ4v) is 1.99. The van der Waals surface area contributed by atoms with Crippen LogP contribution in [0.4, 0.5) is 0 Å². The smallest absolute Gasteiger partial charge is 0.308 e. The zero-order chi connectivity index (χ0) is 13.3. The number of imide groups is 1. The Kier molecular flexibility index (Phi) is 3.14. The third kappa shape index (κ3) is 2.25. The van der Waals surface area contributed by atoms with Crippen LogP contribution in [0.15, 0.2) is 18.2 Å². The van der Waals surface area contributed by atoms with Crippen molar-refractivity contribution in [2.45, 2.75) is 20.3 Å². The minimum Gasteiger partial charge on any atom is -0.427 e. The van der Waals surface area contributed by atoms with Gasteiger partial charge in [-0.3, -0.25) is 19.3 Å². The van der Waals surface area contributed by atoms with Gasteiger partial charge in [0.25, 0.3) is 5.91 Å². The molecule has 0 aromatic heterocycles. The highest BCUT2D eigenvalue weighted by atomic mass is 16.5. The lowest BCUT2D eigenvalue weighted by atomic mass is 9.98. The highest BCUT2D eigenvalue weighted by molar-refractivity contribution is 6.06. The molecule has 1 aromatic rings. The molecule has 1 aromatic carbocycles. The van der Waals surface area contributed by atoms with E-state index in [2.05, 4.69) is 0 Å². The molecule has 1 heterocycles. The molecule has 0 saturated carbocycles. The quantitative estimate of drug-likeness (QED) is 0.551. The topological polar surface area (TPSA) is 63.7 Å². The third-order valence-electron chi connectivity index (χ3n) is 2.80. The van der Waals surface area contributed by atoms with E-state index >= 15 is 0 Å². The number of rotatable bonds is 1. The molecule has 0 aliphatic carbocycles. The highest BCUT2D eigenvalue weighted by Crippen LogP contribution is 2.24. The van der Waals surface area contributed by atoms with Gasteiger partial charge < -0.3 is 4.74 Å². The Labute approximate surface area is 104 Å². The molecule has 94 valence electrons. The summed E-state index contributed by atoms with van der Waals surface area (Å²) in [6.45, 7) is 3.06. The van der Waals surface area contributed by atoms with E-state index in [9.17, 15) is 14.4 Å². The number of carbonyl (C=O) groups excluding carboxylic acids is 3. The van der Waals surface area contributed by atoms with Gasteiger partial charge in [0.2, 0.25) is 5.91 Å². The van der Waals surface area contributed by atoms with Crippen LogP contribution in [0.1, 0.15) is 29.8 Å². The number of ether oxygens (including phenoxy) is 1. The fourth-order valence-electron chi connectivity index (χ4n) is 1.99. The number of hydrogen-bond donors (Lipinski definition) is 0. The molecule has 0 radical (unpaired) electrons. The van der Waals surface area contributed by atoms with Crippen LogP contribution in [0, 0.1) is 0 Å². The second kappa shape index (κ2) is 4.60. The molecular weight excluding hydrogens is 234 g/mol. The maximum atomic E-state index is 12.0. The van der Waals surface area contributed by atoms with Gasteiger partial charge in [0.1, 0.15) is 5.75 Å². The molecule has 18 heavy (non-hydrogen) atoms. The van der Waals surface area contributed by atoms with E-state index in [4.69, 9.17) is 4.74 Å². The maximum absolute atomic E-state index is 12.0. The average molecular weight is 247 g/mol. The Bertz CT molecular complexity index is 536. The number of esters is 1. The lowest BCUT2D eigenvalue weighted by Gasteiger charge is -2.26. The second-order valence-corrected chi connectivity index (χ2v) is 4.14. The molecule has 5 heteroatoms. The van der Waals surface area contributed by atoms with Crippen molar-refractivity contribution < 1.29 is 19.1 Å². The van der Waals surface area contributed by atoms with Gasteiger partial charge in [0.15, 0.2) is 0 Å². The summed E-state index contributed by atoms with van der Waals surface area (Å²) in [7, 11) is 0. The van der Waals surface area contributed by atoms with Crippen molar-refractivity contribution in [3.05, 3.63) is 29.3 Å². The van der Waals surface area contributed by atoms with E-state index in [1.54, 1.807) is 18.2 Å². The Hall–Kier alpha value is -2.17. The first-order valence-electron chi connectivity index (χ1n) is 5.63. The van der Waals surface area contributed by atoms with Crippen LogP contribution in [-0.4, -0.2) is 29.2 Å². The first-order valence-corrected chi connectivity index (χ1v) is 5.63. The number of nitrogens with zero attached hydrogens (tertiary/aromatic N) is 1. The van der Waals surface area contributed by atoms with Crippen LogP contribution in [0.2, 0.25) is 0 Å². The molecule has 5 nitrogen and oxygen atoms in total. The summed E-state index contributed by atoms with van der Waals surface area (Å²) in [5.74, 6) is -0.527. The van der Waals surface area contributed by atoms with E-state index in [1.807, 2.05) is 0 Å². The summed E-state index contributed by atoms with van der Waals surface area (Å²) in [5, 5.41) is 0. The molecule has 0 bridgehead atoms. The summed E-state index contributed by atoms with van der Waals surface area (Å²) >= 11 is 0. The molecular formula is C13H13NO4. The standard InChI is InChI=1S/C13H13NO4/c1-8(15)14-6-5-10-7-11(18-9(2)16)3-4-12(10)13(14)17/h3-4,7H,5-6H2,1-2H3. The van der Waals surface area contributed by atoms with Crippen LogP contribution in [-0.2, 0) is 16.0 Å². The molecule has 0 saturated heterocycles. The van der Waals surface area contributed by atoms with Crippen molar-refractivity contribution in [2.75, 3.05) is 6.54 Å². The third-order valence-corrected chi connectivity index (χ3v) is 2.80. The van der Waals surface area contributed by atoms with Gasteiger partial charge in [0, 0.05) is 26.0 Å². The van der Waals surface area contributed by atoms with Gasteiger partial charge in [-0.25, -0.2) is 0 Å². The van der Waals surface area contributed by atoms with Crippen molar-refractivity contribution in [3.8, 4) is 5.75 Å². The van der Waals surface area contributed by atoms with E-state index < -0.39 is 5.97 Å². The predicted octanol–water partition coefficient (Wildman–Crippen LogP) is 1.16. The van der Waals surface area contributed by atoms with E-state index in [-0.39, 0.29) is 11.8 Å². The molecule has 1 aliphatic heterocycles. The SMILES string of the molecule is CC(=O)Oc1ccc2c(c1)CCN(C(C)=O)C2=O. The Morgan fingerprint density at radius 3 is 2.61 bits per heavy atom. The Morgan fingerprint density at radius 2 is 2.00 bits per heavy atom. The van der Waals surface area contributed by atoms with Crippen LogP contribution in [0.3, 0.4) is 0 Å². The minimum atomic E-state index is -0.401. The predicted molar refractivity (Wildman–Crippen MR) is 63.2 cm³/mol. The van der Waals surface area contributed by atoms with Gasteiger partial charge in [-0.15, -0.1) is 0 Å². The number of fused-ring (bicyclic) bond motifs is 1. The highest BCUT2D eigenvalue weighted by Gasteiger charge is 2.27. The molecule has 0 spiro atoms. The molecule has 0 fully saturated rings. The zero-order valence-electron chi connectivity index (χ0n) is 10.2. The van der Waals surface area contributed by atoms with Crippen molar-refractivity contribution in [1.29, 1.82) is 0 Å². The normalized spacial score (nSPS) is 14.1. The van der Waals surface area contributed by atoms with E-state index in [0.29, 0.717) is 24.3 Å². The maximum Gasteiger partial charge on any atom is 0.308 e. The Balaban J connectivity index is 2.32. The van der Waals surface area contributed by atoms with Gasteiger partial charge in [-0.2, -0.15) is 0 Å². The van der Waals surface area contributed by atoms with Crippen LogP contribution >= 0.6 is 0 Å². The first kappa shape index (κ1) is 12.3. The van der Waals surface area contributed by atoms with E-state index in [1.165, 1.54) is 18.7 Å². The Morgan fingerprint density at radius 1 is 1.28 bits per heavy atom. The lowest BCUT2D eigenvalue weighted by molar-refractivity contribution is -0.132. The zero-order valence-corrected chi connectivity index (χ0v) is 10.2. The first-order chi connectivity index (χ1) is 8.49. The van der Waals surface area contributed by atoms with Crippen molar-refractivity contribution in [1.82, 2.24) is 4.90 Å². The van der Waals surface area contributed by atoms with E-state index in [0.717, 1.165) is 5.56 Å². The average Bonchev–Trinajstić information content (AvgIpc) is 2.27. The summed E-state index contributed by atoms with van der Waals surface area (Å²) in [4.78, 5) is 35.3. The van der Waals surface area contributed by atoms with Crippen molar-refractivity contribution in [3.63, 3.8) is 0 Å². The number of amides is 2. The van der Waals surface area contributed by atoms with Gasteiger partial charge in [-0.1, -0.05) is 0 Å². The number of benzene rings is 1. The van der Waals surface area contributed by atoms with Crippen LogP contribution in [0.5, 0.6) is 5.75 Å². The number of hydrogen-bond acceptors (Lipinski definition) is 4. The van der Waals surface area contributed by atoms with Crippen LogP contribution in [0.25, 0.3) is 0 Å². The summed E-state index contributed by atoms with van der Waals surface area (Å²) in [5.41, 5.74) is 1.30. The second-order valence-electron chi connectivity index (χ2n) is 4.14. The fraction of sp³-hybridized carbons (Fsp3) is 0.308. The summed E-state index contributed by atoms with van der Waals surface area (Å²) in [6.07, 6.45) is 0.579. The van der Waals surface area contributed by atoms with Gasteiger partial charge >= 0.3 is 5.97 Å². The molecule has 2 rings (SSSR count). The minimum absolute atomic E-state index is 0.255. The number of carbonyl (C=O) groups is 3. The monoisotopic (exact) mass is 247 g/mol. The largest absolute Gasteiger partial charge is 0.427 e. The summed E-state index contributed by atoms with van der Waals surface area (Å²) in [6, 6.07) is 4.82. The van der Waals surface area contributed by atoms with Crippen molar-refractivity contribution >= 4 is 17.8 Å². The van der Waals surface area contributed by atoms with Crippen molar-refractivity contribution in [2.24, 2.45) is 0 Å². The molecule has 0 atom stereocenters. The summed E-state index contributed by atoms with van der Waals surface area (Å²) < 4.78 is 4.96. The lowest BCUT2D eigenvalue weighted by Crippen LogP contribution is -2.40. The van der Waals surface area contributed by atoms with Gasteiger partial charge in [-0.05, 0) is 30.2 Å². The molecule has 0 unspecified atom stereocenters. The molecule has 1 aliphatic rings. The van der Waals surface area contributed by atoms with Gasteiger partial charge in [0.05, 0.1) is 0 Å². The molecule has 2 amide bonds.